The van der Waals surface area contributed by atoms with Crippen molar-refractivity contribution in [2.45, 2.75) is 39.8 Å². The van der Waals surface area contributed by atoms with Crippen molar-refractivity contribution in [3.63, 3.8) is 0 Å². The quantitative estimate of drug-likeness (QED) is 0.344. The lowest BCUT2D eigenvalue weighted by Gasteiger charge is -2.33. The minimum Gasteiger partial charge on any atom is -0.497 e. The topological polar surface area (TPSA) is 131 Å². The summed E-state index contributed by atoms with van der Waals surface area (Å²) in [5, 5.41) is 0. The Kier molecular flexibility index (Phi) is 8.23. The molecule has 2 atom stereocenters. The van der Waals surface area contributed by atoms with Gasteiger partial charge < -0.3 is 19.9 Å². The first-order valence-electron chi connectivity index (χ1n) is 10.0. The maximum Gasteiger partial charge on any atom is 0.343 e. The third kappa shape index (κ3) is 7.55. The number of carbonyl (C=O) groups excluding carboxylic acids is 2. The van der Waals surface area contributed by atoms with Gasteiger partial charge in [0.2, 0.25) is 0 Å². The minimum absolute atomic E-state index is 0.0180. The molecule has 2 rings (SSSR count). The zero-order chi connectivity index (χ0) is 25.0. The molecule has 0 aliphatic heterocycles. The summed E-state index contributed by atoms with van der Waals surface area (Å²) in [6.07, 6.45) is -0.155. The van der Waals surface area contributed by atoms with Gasteiger partial charge in [0, 0.05) is 13.0 Å². The Hall–Kier alpha value is -2.95. The predicted molar refractivity (Wildman–Crippen MR) is 122 cm³/mol. The van der Waals surface area contributed by atoms with Crippen LogP contribution in [-0.2, 0) is 19.1 Å². The van der Waals surface area contributed by atoms with Crippen molar-refractivity contribution in [2.75, 3.05) is 13.4 Å². The van der Waals surface area contributed by atoms with Gasteiger partial charge in [0.05, 0.1) is 18.9 Å². The third-order valence-corrected chi connectivity index (χ3v) is 5.24. The Morgan fingerprint density at radius 1 is 0.970 bits per heavy atom. The number of hydrogen-bond donors (Lipinski definition) is 1. The minimum atomic E-state index is -3.88. The number of methoxy groups -OCH3 is 1. The van der Waals surface area contributed by atoms with Gasteiger partial charge in [-0.15, -0.1) is 0 Å². The van der Waals surface area contributed by atoms with Gasteiger partial charge in [-0.1, -0.05) is 26.8 Å². The van der Waals surface area contributed by atoms with E-state index < -0.39 is 39.6 Å². The molecule has 2 aromatic rings. The van der Waals surface area contributed by atoms with Crippen LogP contribution in [0.4, 0.5) is 0 Å². The molecule has 33 heavy (non-hydrogen) atoms. The number of carbonyl (C=O) groups is 2. The fourth-order valence-electron chi connectivity index (χ4n) is 2.87. The summed E-state index contributed by atoms with van der Waals surface area (Å²) in [6, 6.07) is 9.75. The van der Waals surface area contributed by atoms with Crippen LogP contribution in [0.5, 0.6) is 17.2 Å². The van der Waals surface area contributed by atoms with E-state index in [2.05, 4.69) is 0 Å². The second-order valence-corrected chi connectivity index (χ2v) is 10.1. The lowest BCUT2D eigenvalue weighted by Crippen LogP contribution is -2.42. The number of esters is 2. The second kappa shape index (κ2) is 10.3. The monoisotopic (exact) mass is 479 g/mol. The lowest BCUT2D eigenvalue weighted by molar-refractivity contribution is -0.132. The number of nitrogens with two attached hydrogens (primary N) is 1. The fraction of sp³-hybridized carbons (Fsp3) is 0.391. The summed E-state index contributed by atoms with van der Waals surface area (Å²) in [4.78, 5) is 24.2. The van der Waals surface area contributed by atoms with Crippen molar-refractivity contribution in [1.82, 2.24) is 0 Å². The van der Waals surface area contributed by atoms with Crippen molar-refractivity contribution in [2.24, 2.45) is 11.1 Å². The SMILES string of the molecule is COc1ccc(C(=O)Oc2cc(C(OS(C)(=O)=O)C(N)C(C)(C)C)ccc2OC(C)=O)cc1. The first kappa shape index (κ1) is 26.3. The number of benzene rings is 2. The molecule has 9 nitrogen and oxygen atoms in total. The van der Waals surface area contributed by atoms with E-state index in [9.17, 15) is 18.0 Å². The Labute approximate surface area is 193 Å². The molecule has 0 amide bonds. The van der Waals surface area contributed by atoms with Gasteiger partial charge in [0.1, 0.15) is 11.9 Å². The van der Waals surface area contributed by atoms with Crippen LogP contribution >= 0.6 is 0 Å². The molecule has 2 N–H and O–H groups in total. The molecule has 0 aromatic heterocycles. The Balaban J connectivity index is 2.50. The molecule has 0 radical (unpaired) electrons. The van der Waals surface area contributed by atoms with Crippen LogP contribution in [-0.4, -0.2) is 39.8 Å². The van der Waals surface area contributed by atoms with Crippen LogP contribution in [0.3, 0.4) is 0 Å². The van der Waals surface area contributed by atoms with E-state index in [0.29, 0.717) is 11.3 Å². The normalized spacial score (nSPS) is 13.7. The molecular weight excluding hydrogens is 450 g/mol. The summed E-state index contributed by atoms with van der Waals surface area (Å²) in [7, 11) is -2.37. The van der Waals surface area contributed by atoms with Gasteiger partial charge in [-0.05, 0) is 47.4 Å². The van der Waals surface area contributed by atoms with Crippen LogP contribution in [0.2, 0.25) is 0 Å². The van der Waals surface area contributed by atoms with E-state index in [0.717, 1.165) is 6.26 Å². The molecule has 0 fully saturated rings. The number of rotatable bonds is 8. The first-order chi connectivity index (χ1) is 15.2. The molecule has 10 heteroatoms. The van der Waals surface area contributed by atoms with Gasteiger partial charge in [0.15, 0.2) is 11.5 Å². The molecule has 180 valence electrons. The average molecular weight is 480 g/mol. The highest BCUT2D eigenvalue weighted by molar-refractivity contribution is 7.86. The van der Waals surface area contributed by atoms with Gasteiger partial charge in [0.25, 0.3) is 10.1 Å². The van der Waals surface area contributed by atoms with E-state index in [-0.39, 0.29) is 17.1 Å². The summed E-state index contributed by atoms with van der Waals surface area (Å²) in [6.45, 7) is 6.73. The standard InChI is InChI=1S/C23H29NO8S/c1-14(25)30-18-12-9-16(20(32-33(6,27)28)21(24)23(2,3)4)13-19(18)31-22(26)15-7-10-17(29-5)11-8-15/h7-13,20-21H,24H2,1-6H3. The van der Waals surface area contributed by atoms with E-state index >= 15 is 0 Å². The molecule has 2 unspecified atom stereocenters. The zero-order valence-corrected chi connectivity index (χ0v) is 20.3. The Morgan fingerprint density at radius 3 is 2.06 bits per heavy atom. The molecule has 0 bridgehead atoms. The maximum absolute atomic E-state index is 12.7. The van der Waals surface area contributed by atoms with Crippen molar-refractivity contribution < 1.29 is 36.4 Å². The zero-order valence-electron chi connectivity index (χ0n) is 19.4. The highest BCUT2D eigenvalue weighted by atomic mass is 32.2. The highest BCUT2D eigenvalue weighted by Crippen LogP contribution is 2.37. The number of ether oxygens (including phenoxy) is 3. The molecule has 0 saturated heterocycles. The van der Waals surface area contributed by atoms with Gasteiger partial charge in [-0.2, -0.15) is 8.42 Å². The van der Waals surface area contributed by atoms with Crippen LogP contribution in [0.15, 0.2) is 42.5 Å². The van der Waals surface area contributed by atoms with Crippen molar-refractivity contribution >= 4 is 22.1 Å². The Morgan fingerprint density at radius 2 is 1.58 bits per heavy atom. The molecule has 2 aromatic carbocycles. The van der Waals surface area contributed by atoms with Crippen molar-refractivity contribution in [3.8, 4) is 17.2 Å². The van der Waals surface area contributed by atoms with E-state index in [1.54, 1.807) is 12.1 Å². The van der Waals surface area contributed by atoms with Crippen LogP contribution in [0, 0.1) is 5.41 Å². The Bertz CT molecular complexity index is 1100. The summed E-state index contributed by atoms with van der Waals surface area (Å²) in [5.41, 5.74) is 6.36. The van der Waals surface area contributed by atoms with Crippen LogP contribution < -0.4 is 19.9 Å². The molecule has 0 aliphatic carbocycles. The highest BCUT2D eigenvalue weighted by Gasteiger charge is 2.34. The molecular formula is C23H29NO8S. The molecule has 0 heterocycles. The lowest BCUT2D eigenvalue weighted by atomic mass is 9.82. The number of hydrogen-bond acceptors (Lipinski definition) is 9. The predicted octanol–water partition coefficient (Wildman–Crippen LogP) is 3.23. The van der Waals surface area contributed by atoms with Crippen molar-refractivity contribution in [1.29, 1.82) is 0 Å². The second-order valence-electron chi connectivity index (χ2n) is 8.53. The summed E-state index contributed by atoms with van der Waals surface area (Å²) >= 11 is 0. The smallest absolute Gasteiger partial charge is 0.343 e. The average Bonchev–Trinajstić information content (AvgIpc) is 2.71. The van der Waals surface area contributed by atoms with Crippen LogP contribution in [0.25, 0.3) is 0 Å². The first-order valence-corrected chi connectivity index (χ1v) is 11.9. The van der Waals surface area contributed by atoms with Gasteiger partial charge in [-0.25, -0.2) is 4.79 Å². The maximum atomic E-state index is 12.7. The van der Waals surface area contributed by atoms with E-state index in [4.69, 9.17) is 24.1 Å². The summed E-state index contributed by atoms with van der Waals surface area (Å²) in [5.74, 6) is -0.892. The molecule has 0 spiro atoms. The summed E-state index contributed by atoms with van der Waals surface area (Å²) < 4.78 is 44.8. The largest absolute Gasteiger partial charge is 0.497 e. The fourth-order valence-corrected chi connectivity index (χ4v) is 3.48. The van der Waals surface area contributed by atoms with Crippen LogP contribution in [0.1, 0.15) is 49.7 Å². The van der Waals surface area contributed by atoms with E-state index in [1.165, 1.54) is 44.4 Å². The molecule has 0 aliphatic rings. The van der Waals surface area contributed by atoms with Gasteiger partial charge >= 0.3 is 11.9 Å². The van der Waals surface area contributed by atoms with Gasteiger partial charge in [-0.3, -0.25) is 8.98 Å². The third-order valence-electron chi connectivity index (χ3n) is 4.68. The van der Waals surface area contributed by atoms with Crippen molar-refractivity contribution in [3.05, 3.63) is 53.6 Å². The molecule has 0 saturated carbocycles. The van der Waals surface area contributed by atoms with E-state index in [1.807, 2.05) is 20.8 Å².